The van der Waals surface area contributed by atoms with Gasteiger partial charge in [0.15, 0.2) is 0 Å². The highest BCUT2D eigenvalue weighted by atomic mass is 16.5. The number of aromatic nitrogens is 1. The Morgan fingerprint density at radius 1 is 1.48 bits per heavy atom. The average molecular weight is 291 g/mol. The molecule has 0 radical (unpaired) electrons. The standard InChI is InChI=1S/C17H29N3O/c1-5-16-12-21-14(4)11-20(16)17-15(7-6-8-19-17)10-18-9-13(2)3/h6-8,13-14,16,18H,5,9-12H2,1-4H3. The molecule has 2 atom stereocenters. The van der Waals surface area contributed by atoms with Crippen LogP contribution in [0.15, 0.2) is 18.3 Å². The van der Waals surface area contributed by atoms with E-state index < -0.39 is 0 Å². The highest BCUT2D eigenvalue weighted by Crippen LogP contribution is 2.24. The second-order valence-electron chi connectivity index (χ2n) is 6.37. The van der Waals surface area contributed by atoms with Crippen molar-refractivity contribution in [3.05, 3.63) is 23.9 Å². The Hall–Kier alpha value is -1.13. The van der Waals surface area contributed by atoms with Crippen LogP contribution in [0.4, 0.5) is 5.82 Å². The monoisotopic (exact) mass is 291 g/mol. The van der Waals surface area contributed by atoms with E-state index in [4.69, 9.17) is 4.74 Å². The quantitative estimate of drug-likeness (QED) is 0.874. The van der Waals surface area contributed by atoms with Gasteiger partial charge < -0.3 is 15.0 Å². The SMILES string of the molecule is CCC1COC(C)CN1c1ncccc1CNCC(C)C. The summed E-state index contributed by atoms with van der Waals surface area (Å²) in [7, 11) is 0. The molecule has 1 aromatic rings. The van der Waals surface area contributed by atoms with Crippen molar-refractivity contribution in [3.63, 3.8) is 0 Å². The smallest absolute Gasteiger partial charge is 0.133 e. The number of pyridine rings is 1. The topological polar surface area (TPSA) is 37.4 Å². The van der Waals surface area contributed by atoms with Gasteiger partial charge >= 0.3 is 0 Å². The first-order valence-electron chi connectivity index (χ1n) is 8.14. The molecule has 1 aromatic heterocycles. The van der Waals surface area contributed by atoms with E-state index in [-0.39, 0.29) is 6.10 Å². The lowest BCUT2D eigenvalue weighted by Gasteiger charge is -2.40. The van der Waals surface area contributed by atoms with Crippen LogP contribution in [-0.2, 0) is 11.3 Å². The van der Waals surface area contributed by atoms with E-state index in [9.17, 15) is 0 Å². The predicted molar refractivity (Wildman–Crippen MR) is 87.6 cm³/mol. The average Bonchev–Trinajstić information content (AvgIpc) is 2.47. The van der Waals surface area contributed by atoms with Gasteiger partial charge in [-0.05, 0) is 31.9 Å². The molecule has 4 nitrogen and oxygen atoms in total. The minimum atomic E-state index is 0.270. The van der Waals surface area contributed by atoms with Crippen molar-refractivity contribution in [3.8, 4) is 0 Å². The van der Waals surface area contributed by atoms with E-state index in [1.807, 2.05) is 12.3 Å². The zero-order valence-corrected chi connectivity index (χ0v) is 13.8. The van der Waals surface area contributed by atoms with Gasteiger partial charge in [0.1, 0.15) is 5.82 Å². The maximum Gasteiger partial charge on any atom is 0.133 e. The highest BCUT2D eigenvalue weighted by Gasteiger charge is 2.27. The number of nitrogens with one attached hydrogen (secondary N) is 1. The van der Waals surface area contributed by atoms with Crippen molar-refractivity contribution >= 4 is 5.82 Å². The lowest BCUT2D eigenvalue weighted by Crippen LogP contribution is -2.49. The summed E-state index contributed by atoms with van der Waals surface area (Å²) >= 11 is 0. The molecule has 2 rings (SSSR count). The molecule has 4 heteroatoms. The maximum atomic E-state index is 5.80. The van der Waals surface area contributed by atoms with Crippen molar-refractivity contribution < 1.29 is 4.74 Å². The summed E-state index contributed by atoms with van der Waals surface area (Å²) in [5.74, 6) is 1.78. The Morgan fingerprint density at radius 3 is 3.00 bits per heavy atom. The van der Waals surface area contributed by atoms with Crippen LogP contribution in [0.3, 0.4) is 0 Å². The van der Waals surface area contributed by atoms with E-state index >= 15 is 0 Å². The van der Waals surface area contributed by atoms with E-state index in [0.717, 1.165) is 38.5 Å². The van der Waals surface area contributed by atoms with Crippen molar-refractivity contribution in [2.75, 3.05) is 24.6 Å². The molecule has 0 aliphatic carbocycles. The van der Waals surface area contributed by atoms with Gasteiger partial charge in [-0.25, -0.2) is 4.98 Å². The van der Waals surface area contributed by atoms with Gasteiger partial charge in [-0.2, -0.15) is 0 Å². The largest absolute Gasteiger partial charge is 0.375 e. The number of morpholine rings is 1. The lowest BCUT2D eigenvalue weighted by atomic mass is 10.1. The second kappa shape index (κ2) is 7.76. The Kier molecular flexibility index (Phi) is 6.00. The molecule has 1 aliphatic heterocycles. The Balaban J connectivity index is 2.13. The number of nitrogens with zero attached hydrogens (tertiary/aromatic N) is 2. The number of ether oxygens (including phenoxy) is 1. The summed E-state index contributed by atoms with van der Waals surface area (Å²) in [4.78, 5) is 7.09. The fraction of sp³-hybridized carbons (Fsp3) is 0.706. The maximum absolute atomic E-state index is 5.80. The van der Waals surface area contributed by atoms with Gasteiger partial charge in [-0.3, -0.25) is 0 Å². The molecule has 0 bridgehead atoms. The molecule has 1 saturated heterocycles. The summed E-state index contributed by atoms with van der Waals surface area (Å²) in [5.41, 5.74) is 1.28. The van der Waals surface area contributed by atoms with Gasteiger partial charge in [0.25, 0.3) is 0 Å². The van der Waals surface area contributed by atoms with E-state index in [1.165, 1.54) is 5.56 Å². The molecule has 1 aliphatic rings. The number of hydrogen-bond donors (Lipinski definition) is 1. The van der Waals surface area contributed by atoms with Crippen LogP contribution in [0, 0.1) is 5.92 Å². The van der Waals surface area contributed by atoms with Gasteiger partial charge in [0.2, 0.25) is 0 Å². The van der Waals surface area contributed by atoms with Crippen LogP contribution in [0.25, 0.3) is 0 Å². The molecular formula is C17H29N3O. The molecule has 1 fully saturated rings. The summed E-state index contributed by atoms with van der Waals surface area (Å²) in [6.45, 7) is 12.4. The summed E-state index contributed by atoms with van der Waals surface area (Å²) < 4.78 is 5.80. The summed E-state index contributed by atoms with van der Waals surface area (Å²) in [5, 5.41) is 3.53. The fourth-order valence-corrected chi connectivity index (χ4v) is 2.76. The number of rotatable bonds is 6. The second-order valence-corrected chi connectivity index (χ2v) is 6.37. The molecule has 21 heavy (non-hydrogen) atoms. The third kappa shape index (κ3) is 4.42. The molecule has 0 aromatic carbocycles. The zero-order valence-electron chi connectivity index (χ0n) is 13.8. The Morgan fingerprint density at radius 2 is 2.29 bits per heavy atom. The molecule has 1 N–H and O–H groups in total. The van der Waals surface area contributed by atoms with Gasteiger partial charge in [0, 0.05) is 24.8 Å². The summed E-state index contributed by atoms with van der Waals surface area (Å²) in [6.07, 6.45) is 3.25. The first-order chi connectivity index (χ1) is 10.1. The summed E-state index contributed by atoms with van der Waals surface area (Å²) in [6, 6.07) is 4.64. The minimum Gasteiger partial charge on any atom is -0.375 e. The molecular weight excluding hydrogens is 262 g/mol. The van der Waals surface area contributed by atoms with Crippen molar-refractivity contribution in [1.82, 2.24) is 10.3 Å². The van der Waals surface area contributed by atoms with Gasteiger partial charge in [-0.1, -0.05) is 26.8 Å². The third-order valence-electron chi connectivity index (χ3n) is 3.95. The number of anilines is 1. The molecule has 118 valence electrons. The first-order valence-corrected chi connectivity index (χ1v) is 8.14. The van der Waals surface area contributed by atoms with Crippen LogP contribution < -0.4 is 10.2 Å². The van der Waals surface area contributed by atoms with Crippen molar-refractivity contribution in [2.45, 2.75) is 52.8 Å². The van der Waals surface area contributed by atoms with Gasteiger partial charge in [0.05, 0.1) is 18.8 Å². The first kappa shape index (κ1) is 16.2. The Labute approximate surface area is 128 Å². The van der Waals surface area contributed by atoms with Crippen LogP contribution in [0.2, 0.25) is 0 Å². The van der Waals surface area contributed by atoms with E-state index in [2.05, 4.69) is 49.0 Å². The van der Waals surface area contributed by atoms with Crippen molar-refractivity contribution in [1.29, 1.82) is 0 Å². The molecule has 2 heterocycles. The van der Waals surface area contributed by atoms with Crippen LogP contribution in [-0.4, -0.2) is 36.8 Å². The van der Waals surface area contributed by atoms with Crippen LogP contribution in [0.5, 0.6) is 0 Å². The van der Waals surface area contributed by atoms with E-state index in [1.54, 1.807) is 0 Å². The molecule has 0 amide bonds. The lowest BCUT2D eigenvalue weighted by molar-refractivity contribution is 0.0295. The van der Waals surface area contributed by atoms with E-state index in [0.29, 0.717) is 12.0 Å². The van der Waals surface area contributed by atoms with Crippen molar-refractivity contribution in [2.24, 2.45) is 5.92 Å². The minimum absolute atomic E-state index is 0.270. The third-order valence-corrected chi connectivity index (χ3v) is 3.95. The Bertz CT molecular complexity index is 436. The predicted octanol–water partition coefficient (Wildman–Crippen LogP) is 2.83. The van der Waals surface area contributed by atoms with Crippen LogP contribution in [0.1, 0.15) is 39.7 Å². The van der Waals surface area contributed by atoms with Gasteiger partial charge in [-0.15, -0.1) is 0 Å². The molecule has 0 saturated carbocycles. The van der Waals surface area contributed by atoms with Crippen LogP contribution >= 0.6 is 0 Å². The molecule has 0 spiro atoms. The normalized spacial score (nSPS) is 22.8. The number of hydrogen-bond acceptors (Lipinski definition) is 4. The highest BCUT2D eigenvalue weighted by molar-refractivity contribution is 5.48. The zero-order chi connectivity index (χ0) is 15.2. The molecule has 2 unspecified atom stereocenters. The fourth-order valence-electron chi connectivity index (χ4n) is 2.76.